The van der Waals surface area contributed by atoms with Crippen LogP contribution in [0.15, 0.2) is 24.4 Å². The molecule has 1 atom stereocenters. The van der Waals surface area contributed by atoms with E-state index in [-0.39, 0.29) is 17.1 Å². The first-order valence-electron chi connectivity index (χ1n) is 5.38. The normalized spacial score (nSPS) is 12.1. The first-order valence-corrected chi connectivity index (χ1v) is 6.67. The van der Waals surface area contributed by atoms with Gasteiger partial charge in [0.05, 0.1) is 5.25 Å². The van der Waals surface area contributed by atoms with Crippen LogP contribution in [0.5, 0.6) is 0 Å². The van der Waals surface area contributed by atoms with Gasteiger partial charge in [-0.15, -0.1) is 5.10 Å². The summed E-state index contributed by atoms with van der Waals surface area (Å²) in [6, 6.07) is 5.50. The summed E-state index contributed by atoms with van der Waals surface area (Å²) in [5.74, 6) is 0.679. The van der Waals surface area contributed by atoms with Gasteiger partial charge in [0.2, 0.25) is 11.9 Å². The number of hydrogen-bond donors (Lipinski definition) is 2. The van der Waals surface area contributed by atoms with E-state index in [2.05, 4.69) is 25.5 Å². The highest BCUT2D eigenvalue weighted by atomic mass is 32.2. The van der Waals surface area contributed by atoms with E-state index in [1.54, 1.807) is 6.20 Å². The summed E-state index contributed by atoms with van der Waals surface area (Å²) < 4.78 is 0. The van der Waals surface area contributed by atoms with Crippen LogP contribution in [-0.4, -0.2) is 37.6 Å². The smallest absolute Gasteiger partial charge is 0.249 e. The van der Waals surface area contributed by atoms with Gasteiger partial charge in [-0.3, -0.25) is 20.2 Å². The molecule has 0 aliphatic heterocycles. The van der Waals surface area contributed by atoms with Gasteiger partial charge in [0, 0.05) is 6.20 Å². The summed E-state index contributed by atoms with van der Waals surface area (Å²) in [6.45, 7) is 1.83. The molecule has 18 heavy (non-hydrogen) atoms. The lowest BCUT2D eigenvalue weighted by atomic mass is 10.3. The summed E-state index contributed by atoms with van der Waals surface area (Å²) in [7, 11) is 0. The molecule has 94 valence electrons. The Morgan fingerprint density at radius 3 is 3.00 bits per heavy atom. The van der Waals surface area contributed by atoms with Gasteiger partial charge in [0.15, 0.2) is 5.82 Å². The number of amides is 1. The van der Waals surface area contributed by atoms with Crippen LogP contribution in [0.1, 0.15) is 6.92 Å². The number of carbonyl (C=O) groups excluding carboxylic acids is 1. The van der Waals surface area contributed by atoms with E-state index >= 15 is 0 Å². The van der Waals surface area contributed by atoms with Gasteiger partial charge in [-0.1, -0.05) is 6.07 Å². The number of aromatic amines is 1. The van der Waals surface area contributed by atoms with Crippen molar-refractivity contribution < 1.29 is 4.79 Å². The fourth-order valence-electron chi connectivity index (χ4n) is 1.25. The second-order valence-electron chi connectivity index (χ2n) is 3.59. The van der Waals surface area contributed by atoms with E-state index in [0.29, 0.717) is 11.5 Å². The Labute approximate surface area is 109 Å². The number of carbonyl (C=O) groups is 1. The average Bonchev–Trinajstić information content (AvgIpc) is 2.87. The number of thioether (sulfide) groups is 1. The van der Waals surface area contributed by atoms with Crippen LogP contribution in [0.3, 0.4) is 0 Å². The van der Waals surface area contributed by atoms with E-state index in [1.165, 1.54) is 11.8 Å². The van der Waals surface area contributed by atoms with Crippen LogP contribution >= 0.6 is 11.8 Å². The molecule has 0 saturated heterocycles. The fraction of sp³-hybridized carbons (Fsp3) is 0.273. The Morgan fingerprint density at radius 2 is 2.33 bits per heavy atom. The number of anilines is 1. The number of rotatable bonds is 4. The third-order valence-corrected chi connectivity index (χ3v) is 3.27. The van der Waals surface area contributed by atoms with Crippen LogP contribution in [0, 0.1) is 0 Å². The minimum atomic E-state index is -0.137. The molecule has 7 heteroatoms. The van der Waals surface area contributed by atoms with Gasteiger partial charge in [-0.25, -0.2) is 0 Å². The largest absolute Gasteiger partial charge is 0.292 e. The van der Waals surface area contributed by atoms with Crippen LogP contribution in [0.25, 0.3) is 11.5 Å². The summed E-state index contributed by atoms with van der Waals surface area (Å²) in [5.41, 5.74) is 0.684. The van der Waals surface area contributed by atoms with E-state index in [9.17, 15) is 4.79 Å². The van der Waals surface area contributed by atoms with Crippen LogP contribution in [-0.2, 0) is 4.79 Å². The number of pyridine rings is 1. The fourth-order valence-corrected chi connectivity index (χ4v) is 1.53. The van der Waals surface area contributed by atoms with E-state index in [1.807, 2.05) is 31.4 Å². The van der Waals surface area contributed by atoms with Gasteiger partial charge in [0.25, 0.3) is 0 Å². The predicted molar refractivity (Wildman–Crippen MR) is 71.2 cm³/mol. The zero-order valence-electron chi connectivity index (χ0n) is 10.0. The van der Waals surface area contributed by atoms with Gasteiger partial charge >= 0.3 is 0 Å². The zero-order chi connectivity index (χ0) is 13.0. The maximum absolute atomic E-state index is 11.6. The molecule has 0 bridgehead atoms. The van der Waals surface area contributed by atoms with Crippen molar-refractivity contribution in [1.29, 1.82) is 0 Å². The quantitative estimate of drug-likeness (QED) is 0.874. The SMILES string of the molecule is CSC(C)C(=O)Nc1n[nH]c(-c2ccccn2)n1. The number of nitrogens with zero attached hydrogens (tertiary/aromatic N) is 3. The second-order valence-corrected chi connectivity index (χ2v) is 4.77. The number of H-pyrrole nitrogens is 1. The Hall–Kier alpha value is -1.89. The first-order chi connectivity index (χ1) is 8.70. The van der Waals surface area contributed by atoms with Gasteiger partial charge in [-0.2, -0.15) is 16.7 Å². The summed E-state index contributed by atoms with van der Waals surface area (Å²) in [4.78, 5) is 20.0. The zero-order valence-corrected chi connectivity index (χ0v) is 10.9. The lowest BCUT2D eigenvalue weighted by Gasteiger charge is -2.05. The highest BCUT2D eigenvalue weighted by Gasteiger charge is 2.14. The number of aromatic nitrogens is 4. The second kappa shape index (κ2) is 5.63. The van der Waals surface area contributed by atoms with Crippen molar-refractivity contribution in [3.8, 4) is 11.5 Å². The molecule has 0 saturated carbocycles. The standard InChI is InChI=1S/C11H13N5OS/c1-7(18-2)10(17)14-11-13-9(15-16-11)8-5-3-4-6-12-8/h3-7H,1-2H3,(H2,13,14,15,16,17). The van der Waals surface area contributed by atoms with Crippen LogP contribution in [0.4, 0.5) is 5.95 Å². The van der Waals surface area contributed by atoms with Crippen LogP contribution in [0.2, 0.25) is 0 Å². The Morgan fingerprint density at radius 1 is 1.50 bits per heavy atom. The molecule has 1 unspecified atom stereocenters. The van der Waals surface area contributed by atoms with Crippen molar-refractivity contribution in [3.63, 3.8) is 0 Å². The molecule has 1 amide bonds. The van der Waals surface area contributed by atoms with Crippen molar-refractivity contribution in [2.75, 3.05) is 11.6 Å². The van der Waals surface area contributed by atoms with Gasteiger partial charge in [0.1, 0.15) is 5.69 Å². The lowest BCUT2D eigenvalue weighted by Crippen LogP contribution is -2.22. The highest BCUT2D eigenvalue weighted by molar-refractivity contribution is 7.99. The third kappa shape index (κ3) is 2.86. The monoisotopic (exact) mass is 263 g/mol. The summed E-state index contributed by atoms with van der Waals surface area (Å²) in [6.07, 6.45) is 3.55. The molecule has 2 heterocycles. The van der Waals surface area contributed by atoms with Crippen molar-refractivity contribution in [1.82, 2.24) is 20.2 Å². The van der Waals surface area contributed by atoms with Crippen molar-refractivity contribution in [2.45, 2.75) is 12.2 Å². The summed E-state index contributed by atoms with van der Waals surface area (Å²) in [5, 5.41) is 9.18. The Bertz CT molecular complexity index is 527. The minimum Gasteiger partial charge on any atom is -0.292 e. The van der Waals surface area contributed by atoms with Gasteiger partial charge in [-0.05, 0) is 25.3 Å². The average molecular weight is 263 g/mol. The molecule has 2 aromatic heterocycles. The highest BCUT2D eigenvalue weighted by Crippen LogP contribution is 2.13. The maximum Gasteiger partial charge on any atom is 0.249 e. The van der Waals surface area contributed by atoms with E-state index < -0.39 is 0 Å². The third-order valence-electron chi connectivity index (χ3n) is 2.35. The maximum atomic E-state index is 11.6. The molecular weight excluding hydrogens is 250 g/mol. The molecule has 0 radical (unpaired) electrons. The molecule has 0 aromatic carbocycles. The van der Waals surface area contributed by atoms with Crippen molar-refractivity contribution in [3.05, 3.63) is 24.4 Å². The first kappa shape index (κ1) is 12.6. The van der Waals surface area contributed by atoms with Gasteiger partial charge < -0.3 is 0 Å². The van der Waals surface area contributed by atoms with Crippen molar-refractivity contribution in [2.24, 2.45) is 0 Å². The topological polar surface area (TPSA) is 83.6 Å². The molecule has 0 aliphatic carbocycles. The molecule has 0 aliphatic rings. The summed E-state index contributed by atoms with van der Waals surface area (Å²) >= 11 is 1.47. The number of hydrogen-bond acceptors (Lipinski definition) is 5. The lowest BCUT2D eigenvalue weighted by molar-refractivity contribution is -0.115. The molecule has 2 N–H and O–H groups in total. The molecule has 2 rings (SSSR count). The van der Waals surface area contributed by atoms with Crippen LogP contribution < -0.4 is 5.32 Å². The van der Waals surface area contributed by atoms with E-state index in [0.717, 1.165) is 0 Å². The Balaban J connectivity index is 2.10. The number of nitrogens with one attached hydrogen (secondary N) is 2. The van der Waals surface area contributed by atoms with E-state index in [4.69, 9.17) is 0 Å². The molecule has 6 nitrogen and oxygen atoms in total. The molecule has 0 fully saturated rings. The molecule has 2 aromatic rings. The minimum absolute atomic E-state index is 0.117. The predicted octanol–water partition coefficient (Wildman–Crippen LogP) is 1.56. The Kier molecular flexibility index (Phi) is 3.93. The van der Waals surface area contributed by atoms with Crippen molar-refractivity contribution >= 4 is 23.6 Å². The molecular formula is C11H13N5OS. The molecule has 0 spiro atoms.